The maximum atomic E-state index is 5.78. The van der Waals surface area contributed by atoms with Crippen LogP contribution in [-0.4, -0.2) is 18.6 Å². The Balaban J connectivity index is 2.77. The molecular weight excluding hydrogens is 200 g/mol. The van der Waals surface area contributed by atoms with Gasteiger partial charge in [0.15, 0.2) is 5.75 Å². The van der Waals surface area contributed by atoms with E-state index in [-0.39, 0.29) is 0 Å². The van der Waals surface area contributed by atoms with Crippen LogP contribution in [0, 0.1) is 5.92 Å². The van der Waals surface area contributed by atoms with Gasteiger partial charge in [-0.15, -0.1) is 0 Å². The van der Waals surface area contributed by atoms with Crippen LogP contribution in [0.2, 0.25) is 5.15 Å². The lowest BCUT2D eigenvalue weighted by molar-refractivity contribution is 0.414. The number of methoxy groups -OCH3 is 1. The van der Waals surface area contributed by atoms with Crippen molar-refractivity contribution in [3.8, 4) is 5.75 Å². The Hall–Kier alpha value is -0.960. The van der Waals surface area contributed by atoms with Crippen LogP contribution in [0.5, 0.6) is 5.75 Å². The topological polar surface area (TPSA) is 34.1 Å². The maximum Gasteiger partial charge on any atom is 0.160 e. The highest BCUT2D eigenvalue weighted by Gasteiger charge is 2.04. The van der Waals surface area contributed by atoms with Crippen molar-refractivity contribution in [1.29, 1.82) is 0 Å². The standard InChI is InChI=1S/C10H15ClN2O/c1-7(2)5-12-8-4-10(11)13-6-9(8)14-3/h4,6-7H,5H2,1-3H3,(H,12,13). The minimum absolute atomic E-state index is 0.469. The molecule has 0 aliphatic carbocycles. The molecule has 1 aromatic heterocycles. The summed E-state index contributed by atoms with van der Waals surface area (Å²) < 4.78 is 5.15. The van der Waals surface area contributed by atoms with Crippen LogP contribution in [0.4, 0.5) is 5.69 Å². The number of ether oxygens (including phenoxy) is 1. The van der Waals surface area contributed by atoms with Crippen LogP contribution in [0.1, 0.15) is 13.8 Å². The highest BCUT2D eigenvalue weighted by atomic mass is 35.5. The molecule has 0 saturated carbocycles. The Kier molecular flexibility index (Phi) is 4.01. The van der Waals surface area contributed by atoms with Crippen LogP contribution < -0.4 is 10.1 Å². The second kappa shape index (κ2) is 5.05. The van der Waals surface area contributed by atoms with Gasteiger partial charge >= 0.3 is 0 Å². The van der Waals surface area contributed by atoms with E-state index < -0.39 is 0 Å². The zero-order valence-electron chi connectivity index (χ0n) is 8.67. The molecule has 3 nitrogen and oxygen atoms in total. The molecule has 1 aromatic rings. The molecule has 0 aliphatic heterocycles. The van der Waals surface area contributed by atoms with Gasteiger partial charge in [0.25, 0.3) is 0 Å². The van der Waals surface area contributed by atoms with Crippen molar-refractivity contribution >= 4 is 17.3 Å². The molecule has 0 radical (unpaired) electrons. The minimum atomic E-state index is 0.469. The van der Waals surface area contributed by atoms with E-state index in [9.17, 15) is 0 Å². The minimum Gasteiger partial charge on any atom is -0.493 e. The molecule has 0 bridgehead atoms. The second-order valence-corrected chi connectivity index (χ2v) is 3.87. The first-order valence-electron chi connectivity index (χ1n) is 4.57. The predicted molar refractivity (Wildman–Crippen MR) is 59.1 cm³/mol. The van der Waals surface area contributed by atoms with Gasteiger partial charge < -0.3 is 10.1 Å². The fourth-order valence-corrected chi connectivity index (χ4v) is 1.19. The largest absolute Gasteiger partial charge is 0.493 e. The molecule has 1 rings (SSSR count). The van der Waals surface area contributed by atoms with E-state index in [4.69, 9.17) is 16.3 Å². The molecule has 4 heteroatoms. The van der Waals surface area contributed by atoms with E-state index in [1.54, 1.807) is 19.4 Å². The van der Waals surface area contributed by atoms with Gasteiger partial charge in [0.05, 0.1) is 19.0 Å². The van der Waals surface area contributed by atoms with Gasteiger partial charge in [-0.25, -0.2) is 4.98 Å². The first kappa shape index (κ1) is 11.1. The smallest absolute Gasteiger partial charge is 0.160 e. The van der Waals surface area contributed by atoms with Gasteiger partial charge in [-0.2, -0.15) is 0 Å². The summed E-state index contributed by atoms with van der Waals surface area (Å²) in [6, 6.07) is 1.77. The van der Waals surface area contributed by atoms with Gasteiger partial charge in [0.1, 0.15) is 5.15 Å². The van der Waals surface area contributed by atoms with Crippen molar-refractivity contribution in [2.45, 2.75) is 13.8 Å². The number of aromatic nitrogens is 1. The lowest BCUT2D eigenvalue weighted by Crippen LogP contribution is -2.09. The van der Waals surface area contributed by atoms with Gasteiger partial charge in [0, 0.05) is 12.6 Å². The van der Waals surface area contributed by atoms with E-state index in [0.29, 0.717) is 11.1 Å². The normalized spacial score (nSPS) is 10.4. The average Bonchev–Trinajstić information content (AvgIpc) is 2.15. The van der Waals surface area contributed by atoms with Crippen LogP contribution >= 0.6 is 11.6 Å². The third-order valence-electron chi connectivity index (χ3n) is 1.75. The summed E-state index contributed by atoms with van der Waals surface area (Å²) in [5.41, 5.74) is 0.890. The lowest BCUT2D eigenvalue weighted by Gasteiger charge is -2.12. The van der Waals surface area contributed by atoms with E-state index in [0.717, 1.165) is 18.0 Å². The summed E-state index contributed by atoms with van der Waals surface area (Å²) in [7, 11) is 1.62. The first-order valence-corrected chi connectivity index (χ1v) is 4.94. The first-order chi connectivity index (χ1) is 6.63. The molecule has 0 fully saturated rings. The summed E-state index contributed by atoms with van der Waals surface area (Å²) in [5.74, 6) is 1.29. The van der Waals surface area contributed by atoms with Crippen LogP contribution in [0.25, 0.3) is 0 Å². The molecule has 14 heavy (non-hydrogen) atoms. The second-order valence-electron chi connectivity index (χ2n) is 3.48. The van der Waals surface area contributed by atoms with Crippen molar-refractivity contribution in [2.24, 2.45) is 5.92 Å². The maximum absolute atomic E-state index is 5.78. The molecule has 0 atom stereocenters. The molecule has 0 aliphatic rings. The monoisotopic (exact) mass is 214 g/mol. The van der Waals surface area contributed by atoms with Crippen LogP contribution in [0.15, 0.2) is 12.3 Å². The zero-order valence-corrected chi connectivity index (χ0v) is 9.43. The van der Waals surface area contributed by atoms with Crippen molar-refractivity contribution in [3.05, 3.63) is 17.4 Å². The van der Waals surface area contributed by atoms with Crippen LogP contribution in [-0.2, 0) is 0 Å². The fraction of sp³-hybridized carbons (Fsp3) is 0.500. The Morgan fingerprint density at radius 3 is 2.86 bits per heavy atom. The molecule has 0 unspecified atom stereocenters. The van der Waals surface area contributed by atoms with Crippen molar-refractivity contribution in [1.82, 2.24) is 4.98 Å². The Morgan fingerprint density at radius 1 is 1.57 bits per heavy atom. The number of anilines is 1. The summed E-state index contributed by atoms with van der Waals surface area (Å²) in [4.78, 5) is 3.94. The highest BCUT2D eigenvalue weighted by molar-refractivity contribution is 6.29. The van der Waals surface area contributed by atoms with E-state index >= 15 is 0 Å². The molecule has 0 spiro atoms. The predicted octanol–water partition coefficient (Wildman–Crippen LogP) is 2.81. The number of hydrogen-bond donors (Lipinski definition) is 1. The Morgan fingerprint density at radius 2 is 2.29 bits per heavy atom. The fourth-order valence-electron chi connectivity index (χ4n) is 1.03. The summed E-state index contributed by atoms with van der Waals surface area (Å²) >= 11 is 5.78. The van der Waals surface area contributed by atoms with Crippen LogP contribution in [0.3, 0.4) is 0 Å². The zero-order chi connectivity index (χ0) is 10.6. The quantitative estimate of drug-likeness (QED) is 0.783. The van der Waals surface area contributed by atoms with Gasteiger partial charge in [-0.05, 0) is 5.92 Å². The Bertz CT molecular complexity index is 302. The Labute approximate surface area is 89.4 Å². The summed E-state index contributed by atoms with van der Waals surface area (Å²) in [5, 5.41) is 3.72. The number of pyridine rings is 1. The van der Waals surface area contributed by atoms with Crippen molar-refractivity contribution in [2.75, 3.05) is 19.0 Å². The average molecular weight is 215 g/mol. The summed E-state index contributed by atoms with van der Waals surface area (Å²) in [6.07, 6.45) is 1.62. The van der Waals surface area contributed by atoms with Gasteiger partial charge in [-0.3, -0.25) is 0 Å². The number of rotatable bonds is 4. The number of nitrogens with zero attached hydrogens (tertiary/aromatic N) is 1. The lowest BCUT2D eigenvalue weighted by atomic mass is 10.2. The number of nitrogens with one attached hydrogen (secondary N) is 1. The molecule has 0 saturated heterocycles. The van der Waals surface area contributed by atoms with E-state index in [1.165, 1.54) is 0 Å². The van der Waals surface area contributed by atoms with Gasteiger partial charge in [0.2, 0.25) is 0 Å². The molecule has 0 amide bonds. The highest BCUT2D eigenvalue weighted by Crippen LogP contribution is 2.25. The molecule has 1 N–H and O–H groups in total. The van der Waals surface area contributed by atoms with Crippen molar-refractivity contribution in [3.63, 3.8) is 0 Å². The van der Waals surface area contributed by atoms with Crippen molar-refractivity contribution < 1.29 is 4.74 Å². The molecule has 78 valence electrons. The molecule has 1 heterocycles. The third kappa shape index (κ3) is 3.07. The third-order valence-corrected chi connectivity index (χ3v) is 1.96. The molecular formula is C10H15ClN2O. The number of hydrogen-bond acceptors (Lipinski definition) is 3. The SMILES string of the molecule is COc1cnc(Cl)cc1NCC(C)C. The van der Waals surface area contributed by atoms with Gasteiger partial charge in [-0.1, -0.05) is 25.4 Å². The number of halogens is 1. The van der Waals surface area contributed by atoms with E-state index in [2.05, 4.69) is 24.1 Å². The molecule has 0 aromatic carbocycles. The summed E-state index contributed by atoms with van der Waals surface area (Å²) in [6.45, 7) is 5.17. The van der Waals surface area contributed by atoms with E-state index in [1.807, 2.05) is 0 Å².